The summed E-state index contributed by atoms with van der Waals surface area (Å²) < 4.78 is 26.1. The minimum Gasteiger partial charge on any atom is -0.463 e. The van der Waals surface area contributed by atoms with Crippen LogP contribution in [0.5, 0.6) is 0 Å². The number of ether oxygens (including phenoxy) is 5. The van der Waals surface area contributed by atoms with E-state index in [1.54, 1.807) is 0 Å². The molecule has 0 bridgehead atoms. The van der Waals surface area contributed by atoms with E-state index in [9.17, 15) is 9.59 Å². The molecule has 7 nitrogen and oxygen atoms in total. The number of rotatable bonds is 18. The quantitative estimate of drug-likeness (QED) is 0.255. The second-order valence-electron chi connectivity index (χ2n) is 7.60. The Hall–Kier alpha value is -1.18. The maximum Gasteiger partial charge on any atom is 0.332 e. The molecule has 0 amide bonds. The Morgan fingerprint density at radius 1 is 0.679 bits per heavy atom. The van der Waals surface area contributed by atoms with Crippen molar-refractivity contribution in [1.82, 2.24) is 0 Å². The summed E-state index contributed by atoms with van der Waals surface area (Å²) in [6, 6.07) is 0. The predicted octanol–water partition coefficient (Wildman–Crippen LogP) is 3.67. The number of esters is 2. The van der Waals surface area contributed by atoms with Gasteiger partial charge in [-0.05, 0) is 27.2 Å². The molecule has 0 radical (unpaired) electrons. The average Bonchev–Trinajstić information content (AvgIpc) is 2.61. The van der Waals surface area contributed by atoms with Crippen LogP contribution in [-0.2, 0) is 33.3 Å². The van der Waals surface area contributed by atoms with Gasteiger partial charge in [0.1, 0.15) is 18.8 Å². The molecule has 0 unspecified atom stereocenters. The molecule has 28 heavy (non-hydrogen) atoms. The summed E-state index contributed by atoms with van der Waals surface area (Å²) in [6.07, 6.45) is 7.41. The van der Waals surface area contributed by atoms with Crippen molar-refractivity contribution < 1.29 is 33.3 Å². The number of unbranched alkanes of at least 4 members (excludes halogenated alkanes) is 5. The van der Waals surface area contributed by atoms with Gasteiger partial charge in [-0.2, -0.15) is 0 Å². The second-order valence-corrected chi connectivity index (χ2v) is 7.60. The van der Waals surface area contributed by atoms with E-state index in [2.05, 4.69) is 6.92 Å². The van der Waals surface area contributed by atoms with E-state index in [0.29, 0.717) is 39.5 Å². The first kappa shape index (κ1) is 26.8. The number of hydrogen-bond donors (Lipinski definition) is 0. The maximum absolute atomic E-state index is 11.5. The smallest absolute Gasteiger partial charge is 0.332 e. The van der Waals surface area contributed by atoms with Crippen molar-refractivity contribution in [1.29, 1.82) is 0 Å². The van der Waals surface area contributed by atoms with Crippen LogP contribution in [0.3, 0.4) is 0 Å². The first-order valence-corrected chi connectivity index (χ1v) is 10.5. The first-order chi connectivity index (χ1) is 13.3. The van der Waals surface area contributed by atoms with Gasteiger partial charge in [0.15, 0.2) is 0 Å². The van der Waals surface area contributed by atoms with Gasteiger partial charge in [-0.3, -0.25) is 4.79 Å². The first-order valence-electron chi connectivity index (χ1n) is 10.5. The van der Waals surface area contributed by atoms with Gasteiger partial charge in [0.25, 0.3) is 0 Å². The number of hydrogen-bond acceptors (Lipinski definition) is 7. The third-order valence-electron chi connectivity index (χ3n) is 3.61. The highest BCUT2D eigenvalue weighted by molar-refractivity contribution is 5.71. The van der Waals surface area contributed by atoms with E-state index >= 15 is 0 Å². The topological polar surface area (TPSA) is 80.3 Å². The third-order valence-corrected chi connectivity index (χ3v) is 3.61. The zero-order valence-corrected chi connectivity index (χ0v) is 18.3. The highest BCUT2D eigenvalue weighted by Crippen LogP contribution is 2.07. The number of carbonyl (C=O) groups excluding carboxylic acids is 2. The number of carbonyl (C=O) groups is 2. The van der Waals surface area contributed by atoms with Gasteiger partial charge in [0.05, 0.1) is 33.0 Å². The van der Waals surface area contributed by atoms with E-state index in [1.807, 2.05) is 20.8 Å². The monoisotopic (exact) mass is 404 g/mol. The lowest BCUT2D eigenvalue weighted by Gasteiger charge is -2.19. The Bertz CT molecular complexity index is 391. The Kier molecular flexibility index (Phi) is 17.1. The summed E-state index contributed by atoms with van der Waals surface area (Å²) in [4.78, 5) is 23.0. The fourth-order valence-electron chi connectivity index (χ4n) is 2.30. The predicted molar refractivity (Wildman–Crippen MR) is 107 cm³/mol. The molecular weight excluding hydrogens is 364 g/mol. The van der Waals surface area contributed by atoms with Gasteiger partial charge >= 0.3 is 11.9 Å². The van der Waals surface area contributed by atoms with Crippen LogP contribution in [0.25, 0.3) is 0 Å². The van der Waals surface area contributed by atoms with E-state index < -0.39 is 5.60 Å². The van der Waals surface area contributed by atoms with Crippen molar-refractivity contribution in [2.24, 2.45) is 0 Å². The van der Waals surface area contributed by atoms with Crippen molar-refractivity contribution in [3.05, 3.63) is 0 Å². The molecular formula is C21H40O7. The van der Waals surface area contributed by atoms with Crippen molar-refractivity contribution in [2.45, 2.75) is 78.2 Å². The molecule has 0 spiro atoms. The summed E-state index contributed by atoms with van der Waals surface area (Å²) in [6.45, 7) is 9.70. The molecule has 0 atom stereocenters. The zero-order valence-electron chi connectivity index (χ0n) is 18.3. The molecule has 0 saturated carbocycles. The van der Waals surface area contributed by atoms with Gasteiger partial charge in [-0.15, -0.1) is 0 Å². The summed E-state index contributed by atoms with van der Waals surface area (Å²) in [5.74, 6) is -0.542. The molecule has 0 heterocycles. The molecule has 0 N–H and O–H groups in total. The second kappa shape index (κ2) is 17.9. The van der Waals surface area contributed by atoms with E-state index in [-0.39, 0.29) is 25.2 Å². The van der Waals surface area contributed by atoms with Gasteiger partial charge < -0.3 is 23.7 Å². The molecule has 0 saturated heterocycles. The van der Waals surface area contributed by atoms with Crippen LogP contribution in [0.2, 0.25) is 0 Å². The van der Waals surface area contributed by atoms with Crippen LogP contribution in [0, 0.1) is 0 Å². The van der Waals surface area contributed by atoms with Crippen LogP contribution in [-0.4, -0.2) is 63.8 Å². The fourth-order valence-corrected chi connectivity index (χ4v) is 2.30. The Labute approximate surface area is 170 Å². The lowest BCUT2D eigenvalue weighted by Crippen LogP contribution is -2.27. The van der Waals surface area contributed by atoms with E-state index in [1.165, 1.54) is 25.7 Å². The molecule has 166 valence electrons. The fraction of sp³-hybridized carbons (Fsp3) is 0.905. The van der Waals surface area contributed by atoms with Gasteiger partial charge in [-0.25, -0.2) is 4.79 Å². The van der Waals surface area contributed by atoms with E-state index in [4.69, 9.17) is 23.7 Å². The molecule has 0 aromatic heterocycles. The maximum atomic E-state index is 11.5. The van der Waals surface area contributed by atoms with Crippen LogP contribution in [0.15, 0.2) is 0 Å². The summed E-state index contributed by atoms with van der Waals surface area (Å²) in [7, 11) is 0. The Balaban J connectivity index is 3.27. The van der Waals surface area contributed by atoms with Crippen molar-refractivity contribution in [3.8, 4) is 0 Å². The lowest BCUT2D eigenvalue weighted by atomic mass is 10.1. The highest BCUT2D eigenvalue weighted by atomic mass is 16.6. The van der Waals surface area contributed by atoms with Gasteiger partial charge in [-0.1, -0.05) is 39.0 Å². The minimum absolute atomic E-state index is 0.0821. The van der Waals surface area contributed by atoms with Crippen molar-refractivity contribution in [3.63, 3.8) is 0 Å². The molecule has 0 aliphatic heterocycles. The van der Waals surface area contributed by atoms with E-state index in [0.717, 1.165) is 12.8 Å². The molecule has 0 aliphatic carbocycles. The van der Waals surface area contributed by atoms with Crippen molar-refractivity contribution >= 4 is 11.9 Å². The molecule has 0 rings (SSSR count). The average molecular weight is 405 g/mol. The normalized spacial score (nSPS) is 11.4. The molecule has 0 aromatic carbocycles. The standard InChI is InChI=1S/C21H40O7/c1-5-6-7-8-9-10-11-19(22)27-17-16-25-13-12-24-14-15-26-18-20(23)28-21(2,3)4/h5-18H2,1-4H3. The van der Waals surface area contributed by atoms with Crippen molar-refractivity contribution in [2.75, 3.05) is 46.2 Å². The zero-order chi connectivity index (χ0) is 21.1. The van der Waals surface area contributed by atoms with Gasteiger partial charge in [0, 0.05) is 6.42 Å². The Morgan fingerprint density at radius 3 is 1.82 bits per heavy atom. The molecule has 0 aliphatic rings. The molecule has 7 heteroatoms. The third kappa shape index (κ3) is 21.1. The van der Waals surface area contributed by atoms with Crippen LogP contribution >= 0.6 is 0 Å². The SMILES string of the molecule is CCCCCCCCC(=O)OCCOCCOCCOCC(=O)OC(C)(C)C. The molecule has 0 aromatic rings. The summed E-state index contributed by atoms with van der Waals surface area (Å²) >= 11 is 0. The van der Waals surface area contributed by atoms with Crippen LogP contribution < -0.4 is 0 Å². The summed E-state index contributed by atoms with van der Waals surface area (Å²) in [5.41, 5.74) is -0.503. The van der Waals surface area contributed by atoms with Crippen LogP contribution in [0.1, 0.15) is 72.6 Å². The Morgan fingerprint density at radius 2 is 1.21 bits per heavy atom. The minimum atomic E-state index is -0.503. The lowest BCUT2D eigenvalue weighted by molar-refractivity contribution is -0.160. The largest absolute Gasteiger partial charge is 0.463 e. The molecule has 0 fully saturated rings. The summed E-state index contributed by atoms with van der Waals surface area (Å²) in [5, 5.41) is 0. The van der Waals surface area contributed by atoms with Crippen LogP contribution in [0.4, 0.5) is 0 Å². The van der Waals surface area contributed by atoms with Gasteiger partial charge in [0.2, 0.25) is 0 Å². The highest BCUT2D eigenvalue weighted by Gasteiger charge is 2.15.